The average molecular weight is 293 g/mol. The molecule has 0 atom stereocenters. The Hall–Kier alpha value is -1.86. The Kier molecular flexibility index (Phi) is 4.98. The van der Waals surface area contributed by atoms with Gasteiger partial charge in [-0.3, -0.25) is 19.9 Å². The molecule has 0 spiro atoms. The van der Waals surface area contributed by atoms with Crippen LogP contribution in [0.15, 0.2) is 18.2 Å². The van der Waals surface area contributed by atoms with E-state index in [-0.39, 0.29) is 10.6 Å². The highest BCUT2D eigenvalue weighted by atomic mass is 16.6. The second-order valence-electron chi connectivity index (χ2n) is 5.47. The summed E-state index contributed by atoms with van der Waals surface area (Å²) < 4.78 is 0. The maximum Gasteiger partial charge on any atom is 0.294 e. The van der Waals surface area contributed by atoms with Crippen LogP contribution in [-0.4, -0.2) is 68.7 Å². The summed E-state index contributed by atoms with van der Waals surface area (Å²) >= 11 is 0. The third-order valence-corrected chi connectivity index (χ3v) is 3.88. The van der Waals surface area contributed by atoms with Crippen LogP contribution >= 0.6 is 0 Å². The molecule has 2 rings (SSSR count). The summed E-state index contributed by atoms with van der Waals surface area (Å²) in [5.41, 5.74) is 1.52. The minimum absolute atomic E-state index is 0.114. The zero-order chi connectivity index (χ0) is 15.4. The largest absolute Gasteiger partial charge is 0.383 e. The predicted molar refractivity (Wildman–Crippen MR) is 85.0 cm³/mol. The molecule has 1 aromatic carbocycles. The Bertz CT molecular complexity index is 508. The highest BCUT2D eigenvalue weighted by Gasteiger charge is 2.18. The lowest BCUT2D eigenvalue weighted by Crippen LogP contribution is -2.32. The zero-order valence-electron chi connectivity index (χ0n) is 12.9. The first kappa shape index (κ1) is 15.5. The van der Waals surface area contributed by atoms with Crippen molar-refractivity contribution in [1.82, 2.24) is 9.80 Å². The fourth-order valence-electron chi connectivity index (χ4n) is 2.52. The molecule has 0 aromatic heterocycles. The molecule has 0 aliphatic carbocycles. The van der Waals surface area contributed by atoms with Crippen molar-refractivity contribution in [1.29, 1.82) is 0 Å². The van der Waals surface area contributed by atoms with E-state index in [0.717, 1.165) is 38.5 Å². The molecule has 1 fully saturated rings. The van der Waals surface area contributed by atoms with Crippen molar-refractivity contribution in [2.24, 2.45) is 0 Å². The SMILES string of the molecule is CNc1ccc(N(C)CCN2CCN(C)C2)cc1[N+](=O)[O-]. The fourth-order valence-corrected chi connectivity index (χ4v) is 2.52. The molecule has 1 saturated heterocycles. The Morgan fingerprint density at radius 1 is 1.43 bits per heavy atom. The van der Waals surface area contributed by atoms with E-state index in [1.54, 1.807) is 19.2 Å². The van der Waals surface area contributed by atoms with Crippen molar-refractivity contribution in [2.75, 3.05) is 64.2 Å². The van der Waals surface area contributed by atoms with Crippen LogP contribution < -0.4 is 10.2 Å². The van der Waals surface area contributed by atoms with Gasteiger partial charge < -0.3 is 10.2 Å². The van der Waals surface area contributed by atoms with E-state index in [0.29, 0.717) is 5.69 Å². The number of rotatable bonds is 6. The summed E-state index contributed by atoms with van der Waals surface area (Å²) in [7, 11) is 5.77. The van der Waals surface area contributed by atoms with E-state index in [9.17, 15) is 10.1 Å². The van der Waals surface area contributed by atoms with Gasteiger partial charge in [0, 0.05) is 52.0 Å². The van der Waals surface area contributed by atoms with Crippen LogP contribution in [0.25, 0.3) is 0 Å². The van der Waals surface area contributed by atoms with E-state index in [4.69, 9.17) is 0 Å². The van der Waals surface area contributed by atoms with Crippen LogP contribution in [0.4, 0.5) is 17.1 Å². The second-order valence-corrected chi connectivity index (χ2v) is 5.47. The van der Waals surface area contributed by atoms with Crippen molar-refractivity contribution >= 4 is 17.1 Å². The number of anilines is 2. The summed E-state index contributed by atoms with van der Waals surface area (Å²) in [6.07, 6.45) is 0. The van der Waals surface area contributed by atoms with Gasteiger partial charge in [0.15, 0.2) is 0 Å². The Labute approximate surface area is 125 Å². The zero-order valence-corrected chi connectivity index (χ0v) is 12.9. The van der Waals surface area contributed by atoms with Gasteiger partial charge in [-0.05, 0) is 19.2 Å². The van der Waals surface area contributed by atoms with E-state index < -0.39 is 0 Å². The maximum absolute atomic E-state index is 11.1. The molecule has 1 aliphatic heterocycles. The summed E-state index contributed by atoms with van der Waals surface area (Å²) in [5, 5.41) is 13.9. The third-order valence-electron chi connectivity index (χ3n) is 3.88. The predicted octanol–water partition coefficient (Wildman–Crippen LogP) is 1.28. The maximum atomic E-state index is 11.1. The molecule has 0 bridgehead atoms. The lowest BCUT2D eigenvalue weighted by molar-refractivity contribution is -0.383. The van der Waals surface area contributed by atoms with Crippen LogP contribution in [0.2, 0.25) is 0 Å². The molecular weight excluding hydrogens is 270 g/mol. The van der Waals surface area contributed by atoms with Crippen molar-refractivity contribution in [3.63, 3.8) is 0 Å². The fraction of sp³-hybridized carbons (Fsp3) is 0.571. The van der Waals surface area contributed by atoms with Gasteiger partial charge in [0.25, 0.3) is 5.69 Å². The second kappa shape index (κ2) is 6.73. The van der Waals surface area contributed by atoms with E-state index in [1.165, 1.54) is 0 Å². The van der Waals surface area contributed by atoms with Crippen LogP contribution in [0.3, 0.4) is 0 Å². The molecule has 0 unspecified atom stereocenters. The van der Waals surface area contributed by atoms with Gasteiger partial charge in [-0.1, -0.05) is 0 Å². The van der Waals surface area contributed by atoms with Gasteiger partial charge in [-0.15, -0.1) is 0 Å². The molecule has 1 aromatic rings. The number of benzene rings is 1. The van der Waals surface area contributed by atoms with Gasteiger partial charge in [0.2, 0.25) is 0 Å². The summed E-state index contributed by atoms with van der Waals surface area (Å²) in [5.74, 6) is 0. The molecule has 7 nitrogen and oxygen atoms in total. The number of nitro benzene ring substituents is 1. The molecule has 1 N–H and O–H groups in total. The summed E-state index contributed by atoms with van der Waals surface area (Å²) in [4.78, 5) is 17.5. The van der Waals surface area contributed by atoms with Crippen LogP contribution in [0.5, 0.6) is 0 Å². The van der Waals surface area contributed by atoms with Crippen LogP contribution in [0.1, 0.15) is 0 Å². The molecule has 0 amide bonds. The number of nitrogens with zero attached hydrogens (tertiary/aromatic N) is 4. The molecular formula is C14H23N5O2. The number of hydrogen-bond acceptors (Lipinski definition) is 6. The normalized spacial score (nSPS) is 16.1. The van der Waals surface area contributed by atoms with Crippen molar-refractivity contribution in [3.05, 3.63) is 28.3 Å². The van der Waals surface area contributed by atoms with Crippen LogP contribution in [0, 0.1) is 10.1 Å². The number of hydrogen-bond donors (Lipinski definition) is 1. The van der Waals surface area contributed by atoms with Gasteiger partial charge in [0.1, 0.15) is 5.69 Å². The number of nitrogens with one attached hydrogen (secondary N) is 1. The van der Waals surface area contributed by atoms with Gasteiger partial charge in [-0.25, -0.2) is 0 Å². The summed E-state index contributed by atoms with van der Waals surface area (Å²) in [6, 6.07) is 5.30. The minimum atomic E-state index is -0.349. The molecule has 21 heavy (non-hydrogen) atoms. The first-order chi connectivity index (χ1) is 10.0. The standard InChI is InChI=1S/C14H23N5O2/c1-15-13-5-4-12(10-14(13)19(20)21)17(3)7-9-18-8-6-16(2)11-18/h4-5,10,15H,6-9,11H2,1-3H3. The minimum Gasteiger partial charge on any atom is -0.383 e. The van der Waals surface area contributed by atoms with E-state index in [1.807, 2.05) is 13.1 Å². The topological polar surface area (TPSA) is 64.9 Å². The molecule has 116 valence electrons. The Balaban J connectivity index is 2.00. The molecule has 1 heterocycles. The number of nitro groups is 1. The van der Waals surface area contributed by atoms with Crippen molar-refractivity contribution < 1.29 is 4.92 Å². The lowest BCUT2D eigenvalue weighted by Gasteiger charge is -2.23. The lowest BCUT2D eigenvalue weighted by atomic mass is 10.2. The Morgan fingerprint density at radius 3 is 2.76 bits per heavy atom. The van der Waals surface area contributed by atoms with Crippen molar-refractivity contribution in [3.8, 4) is 0 Å². The average Bonchev–Trinajstić information content (AvgIpc) is 2.89. The van der Waals surface area contributed by atoms with Crippen molar-refractivity contribution in [2.45, 2.75) is 0 Å². The van der Waals surface area contributed by atoms with Crippen LogP contribution in [-0.2, 0) is 0 Å². The first-order valence-electron chi connectivity index (χ1n) is 7.09. The van der Waals surface area contributed by atoms with E-state index in [2.05, 4.69) is 27.1 Å². The summed E-state index contributed by atoms with van der Waals surface area (Å²) in [6.45, 7) is 4.99. The molecule has 1 aliphatic rings. The number of likely N-dealkylation sites (N-methyl/N-ethyl adjacent to an activating group) is 2. The highest BCUT2D eigenvalue weighted by molar-refractivity contribution is 5.68. The van der Waals surface area contributed by atoms with Gasteiger partial charge >= 0.3 is 0 Å². The highest BCUT2D eigenvalue weighted by Crippen LogP contribution is 2.28. The van der Waals surface area contributed by atoms with Gasteiger partial charge in [0.05, 0.1) is 11.6 Å². The smallest absolute Gasteiger partial charge is 0.294 e. The Morgan fingerprint density at radius 2 is 2.19 bits per heavy atom. The molecule has 0 saturated carbocycles. The molecule has 7 heteroatoms. The third kappa shape index (κ3) is 3.83. The van der Waals surface area contributed by atoms with E-state index >= 15 is 0 Å². The van der Waals surface area contributed by atoms with Gasteiger partial charge in [-0.2, -0.15) is 0 Å². The first-order valence-corrected chi connectivity index (χ1v) is 7.09. The quantitative estimate of drug-likeness (QED) is 0.629. The monoisotopic (exact) mass is 293 g/mol. The molecule has 0 radical (unpaired) electrons.